The minimum atomic E-state index is -0.902. The van der Waals surface area contributed by atoms with Gasteiger partial charge in [0.1, 0.15) is 5.75 Å². The summed E-state index contributed by atoms with van der Waals surface area (Å²) in [5.74, 6) is 0.734. The number of hydrogen-bond acceptors (Lipinski definition) is 4. The van der Waals surface area contributed by atoms with Gasteiger partial charge < -0.3 is 19.9 Å². The maximum Gasteiger partial charge on any atom is 0.303 e. The zero-order valence-corrected chi connectivity index (χ0v) is 13.3. The van der Waals surface area contributed by atoms with Crippen molar-refractivity contribution in [1.29, 1.82) is 0 Å². The number of nitrogens with one attached hydrogen (secondary N) is 1. The van der Waals surface area contributed by atoms with Gasteiger partial charge in [0.05, 0.1) is 7.11 Å². The number of anilines is 1. The molecule has 0 aliphatic carbocycles. The molecule has 0 fully saturated rings. The van der Waals surface area contributed by atoms with E-state index in [1.165, 1.54) is 0 Å². The molecule has 0 saturated heterocycles. The fourth-order valence-electron chi connectivity index (χ4n) is 2.06. The Morgan fingerprint density at radius 1 is 1.00 bits per heavy atom. The SMILES string of the molecule is COc1ccccc1Oc1ccc(NC(=O)CCCC(=O)O)cc1. The topological polar surface area (TPSA) is 84.9 Å². The van der Waals surface area contributed by atoms with Gasteiger partial charge in [0, 0.05) is 18.5 Å². The second-order valence-corrected chi connectivity index (χ2v) is 5.07. The number of rotatable bonds is 8. The van der Waals surface area contributed by atoms with E-state index < -0.39 is 5.97 Å². The average molecular weight is 329 g/mol. The molecular formula is C18H19NO5. The van der Waals surface area contributed by atoms with Gasteiger partial charge in [-0.25, -0.2) is 0 Å². The van der Waals surface area contributed by atoms with Crippen molar-refractivity contribution in [3.8, 4) is 17.2 Å². The highest BCUT2D eigenvalue weighted by Crippen LogP contribution is 2.31. The Morgan fingerprint density at radius 3 is 2.29 bits per heavy atom. The van der Waals surface area contributed by atoms with Crippen LogP contribution in [0.4, 0.5) is 5.69 Å². The zero-order chi connectivity index (χ0) is 17.4. The van der Waals surface area contributed by atoms with Gasteiger partial charge in [-0.1, -0.05) is 12.1 Å². The van der Waals surface area contributed by atoms with Crippen LogP contribution >= 0.6 is 0 Å². The molecule has 24 heavy (non-hydrogen) atoms. The second kappa shape index (κ2) is 8.57. The molecule has 2 rings (SSSR count). The van der Waals surface area contributed by atoms with E-state index in [1.807, 2.05) is 12.1 Å². The Bertz CT molecular complexity index is 697. The van der Waals surface area contributed by atoms with E-state index in [9.17, 15) is 9.59 Å². The lowest BCUT2D eigenvalue weighted by Crippen LogP contribution is -2.11. The molecule has 0 saturated carbocycles. The Kier molecular flexibility index (Phi) is 6.19. The van der Waals surface area contributed by atoms with Crippen LogP contribution in [0.15, 0.2) is 48.5 Å². The molecule has 1 amide bonds. The van der Waals surface area contributed by atoms with Gasteiger partial charge in [0.15, 0.2) is 11.5 Å². The third-order valence-corrected chi connectivity index (χ3v) is 3.23. The first-order chi connectivity index (χ1) is 11.6. The lowest BCUT2D eigenvalue weighted by molar-refractivity contribution is -0.137. The molecule has 0 heterocycles. The zero-order valence-electron chi connectivity index (χ0n) is 13.3. The van der Waals surface area contributed by atoms with Gasteiger partial charge in [-0.15, -0.1) is 0 Å². The summed E-state index contributed by atoms with van der Waals surface area (Å²) in [7, 11) is 1.57. The number of methoxy groups -OCH3 is 1. The highest BCUT2D eigenvalue weighted by atomic mass is 16.5. The number of aliphatic carboxylic acids is 1. The van der Waals surface area contributed by atoms with E-state index in [4.69, 9.17) is 14.6 Å². The van der Waals surface area contributed by atoms with Crippen LogP contribution in [-0.4, -0.2) is 24.1 Å². The minimum absolute atomic E-state index is 0.0148. The molecule has 6 heteroatoms. The summed E-state index contributed by atoms with van der Waals surface area (Å²) >= 11 is 0. The van der Waals surface area contributed by atoms with Crippen molar-refractivity contribution in [2.75, 3.05) is 12.4 Å². The van der Waals surface area contributed by atoms with E-state index in [0.717, 1.165) is 0 Å². The van der Waals surface area contributed by atoms with Crippen molar-refractivity contribution >= 4 is 17.6 Å². The fourth-order valence-corrected chi connectivity index (χ4v) is 2.06. The first-order valence-electron chi connectivity index (χ1n) is 7.51. The summed E-state index contributed by atoms with van der Waals surface area (Å²) < 4.78 is 11.0. The van der Waals surface area contributed by atoms with Gasteiger partial charge in [0.2, 0.25) is 5.91 Å². The number of carboxylic acid groups (broad SMARTS) is 1. The average Bonchev–Trinajstić information content (AvgIpc) is 2.57. The number of benzene rings is 2. The standard InChI is InChI=1S/C18H19NO5/c1-23-15-5-2-3-6-16(15)24-14-11-9-13(10-12-14)19-17(20)7-4-8-18(21)22/h2-3,5-6,9-12H,4,7-8H2,1H3,(H,19,20)(H,21,22). The molecule has 2 aromatic carbocycles. The van der Waals surface area contributed by atoms with Crippen LogP contribution in [0.2, 0.25) is 0 Å². The van der Waals surface area contributed by atoms with Crippen molar-refractivity contribution in [2.45, 2.75) is 19.3 Å². The van der Waals surface area contributed by atoms with Crippen LogP contribution in [0.1, 0.15) is 19.3 Å². The first-order valence-corrected chi connectivity index (χ1v) is 7.51. The smallest absolute Gasteiger partial charge is 0.303 e. The number of carboxylic acids is 1. The molecule has 2 aromatic rings. The Labute approximate surface area is 140 Å². The highest BCUT2D eigenvalue weighted by molar-refractivity contribution is 5.90. The molecule has 6 nitrogen and oxygen atoms in total. The molecule has 0 bridgehead atoms. The molecular weight excluding hydrogens is 310 g/mol. The number of para-hydroxylation sites is 2. The normalized spacial score (nSPS) is 10.0. The van der Waals surface area contributed by atoms with Crippen LogP contribution < -0.4 is 14.8 Å². The number of ether oxygens (including phenoxy) is 2. The van der Waals surface area contributed by atoms with Gasteiger partial charge >= 0.3 is 5.97 Å². The molecule has 0 radical (unpaired) electrons. The minimum Gasteiger partial charge on any atom is -0.493 e. The molecule has 0 aliphatic rings. The molecule has 0 aromatic heterocycles. The Hall–Kier alpha value is -3.02. The largest absolute Gasteiger partial charge is 0.493 e. The Balaban J connectivity index is 1.91. The maximum absolute atomic E-state index is 11.7. The molecule has 2 N–H and O–H groups in total. The second-order valence-electron chi connectivity index (χ2n) is 5.07. The quantitative estimate of drug-likeness (QED) is 0.771. The van der Waals surface area contributed by atoms with E-state index in [-0.39, 0.29) is 18.7 Å². The predicted molar refractivity (Wildman–Crippen MR) is 89.6 cm³/mol. The molecule has 0 atom stereocenters. The summed E-state index contributed by atoms with van der Waals surface area (Å²) in [4.78, 5) is 22.1. The van der Waals surface area contributed by atoms with Gasteiger partial charge in [0.25, 0.3) is 0 Å². The molecule has 0 aliphatic heterocycles. The van der Waals surface area contributed by atoms with E-state index >= 15 is 0 Å². The number of amides is 1. The number of carbonyl (C=O) groups excluding carboxylic acids is 1. The third-order valence-electron chi connectivity index (χ3n) is 3.23. The maximum atomic E-state index is 11.7. The van der Waals surface area contributed by atoms with Crippen LogP contribution in [0.25, 0.3) is 0 Å². The lowest BCUT2D eigenvalue weighted by atomic mass is 10.2. The Morgan fingerprint density at radius 2 is 1.67 bits per heavy atom. The van der Waals surface area contributed by atoms with Crippen molar-refractivity contribution < 1.29 is 24.2 Å². The summed E-state index contributed by atoms with van der Waals surface area (Å²) in [5, 5.41) is 11.3. The van der Waals surface area contributed by atoms with Gasteiger partial charge in [-0.2, -0.15) is 0 Å². The predicted octanol–water partition coefficient (Wildman–Crippen LogP) is 3.68. The van der Waals surface area contributed by atoms with Crippen LogP contribution in [0, 0.1) is 0 Å². The summed E-state index contributed by atoms with van der Waals surface area (Å²) in [6.07, 6.45) is 0.473. The van der Waals surface area contributed by atoms with Crippen molar-refractivity contribution in [3.63, 3.8) is 0 Å². The van der Waals surface area contributed by atoms with Crippen molar-refractivity contribution in [3.05, 3.63) is 48.5 Å². The summed E-state index contributed by atoms with van der Waals surface area (Å²) in [5.41, 5.74) is 0.628. The van der Waals surface area contributed by atoms with E-state index in [0.29, 0.717) is 29.4 Å². The van der Waals surface area contributed by atoms with Crippen molar-refractivity contribution in [1.82, 2.24) is 0 Å². The van der Waals surface area contributed by atoms with Crippen molar-refractivity contribution in [2.24, 2.45) is 0 Å². The molecule has 0 unspecified atom stereocenters. The number of hydrogen-bond donors (Lipinski definition) is 2. The van der Waals surface area contributed by atoms with Gasteiger partial charge in [-0.05, 0) is 42.8 Å². The molecule has 0 spiro atoms. The van der Waals surface area contributed by atoms with Gasteiger partial charge in [-0.3, -0.25) is 9.59 Å². The monoisotopic (exact) mass is 329 g/mol. The lowest BCUT2D eigenvalue weighted by Gasteiger charge is -2.10. The first kappa shape index (κ1) is 17.3. The fraction of sp³-hybridized carbons (Fsp3) is 0.222. The van der Waals surface area contributed by atoms with E-state index in [1.54, 1.807) is 43.5 Å². The van der Waals surface area contributed by atoms with Crippen LogP contribution in [0.5, 0.6) is 17.2 Å². The third kappa shape index (κ3) is 5.31. The summed E-state index contributed by atoms with van der Waals surface area (Å²) in [6.45, 7) is 0. The highest BCUT2D eigenvalue weighted by Gasteiger charge is 2.06. The van der Waals surface area contributed by atoms with Crippen LogP contribution in [0.3, 0.4) is 0 Å². The van der Waals surface area contributed by atoms with Crippen LogP contribution in [-0.2, 0) is 9.59 Å². The van der Waals surface area contributed by atoms with E-state index in [2.05, 4.69) is 5.32 Å². The molecule has 126 valence electrons. The summed E-state index contributed by atoms with van der Waals surface area (Å²) in [6, 6.07) is 14.2. The number of carbonyl (C=O) groups is 2.